The van der Waals surface area contributed by atoms with Crippen LogP contribution in [0.4, 0.5) is 0 Å². The Morgan fingerprint density at radius 1 is 0.508 bits per heavy atom. The predicted molar refractivity (Wildman–Crippen MR) is 281 cm³/mol. The summed E-state index contributed by atoms with van der Waals surface area (Å²) >= 11 is 0. The molecule has 0 aliphatic carbocycles. The highest BCUT2D eigenvalue weighted by molar-refractivity contribution is 7.47. The lowest BCUT2D eigenvalue weighted by Crippen LogP contribution is -2.45. The van der Waals surface area contributed by atoms with Gasteiger partial charge < -0.3 is 19.8 Å². The zero-order valence-corrected chi connectivity index (χ0v) is 44.6. The molecule has 0 spiro atoms. The monoisotopic (exact) mass is 938 g/mol. The third kappa shape index (κ3) is 50.4. The minimum Gasteiger partial charge on any atom is -0.387 e. The average Bonchev–Trinajstić information content (AvgIpc) is 3.26. The fraction of sp³-hybridized carbons (Fsp3) is 0.875. The number of hydrogen-bond donors (Lipinski definition) is 3. The fourth-order valence-corrected chi connectivity index (χ4v) is 8.93. The standard InChI is InChI=1S/C56H109N2O6P/c1-6-8-10-12-14-16-18-20-22-24-26-28-30-31-33-35-37-39-41-43-45-47-49-55(59)54(53-64-65(61,62)63-52-51-58(3,4)5)57-56(60)50-48-46-44-42-40-38-36-34-32-29-27-25-23-21-19-17-15-13-11-9-7-2/h31,33,39,41,47,49,54-55,59H,6-30,32,34-38,40,42-46,48,50-53H2,1-5H3,(H-,57,60,61,62)/p+1/b33-31+,41-39+,49-47+. The van der Waals surface area contributed by atoms with Crippen molar-refractivity contribution in [3.8, 4) is 0 Å². The molecular formula is C56H110N2O6P+. The van der Waals surface area contributed by atoms with Crippen molar-refractivity contribution in [1.29, 1.82) is 0 Å². The Morgan fingerprint density at radius 3 is 1.23 bits per heavy atom. The number of hydrogen-bond acceptors (Lipinski definition) is 5. The minimum atomic E-state index is -4.36. The molecule has 0 radical (unpaired) electrons. The molecule has 9 heteroatoms. The number of aliphatic hydroxyl groups is 1. The number of allylic oxidation sites excluding steroid dienone is 5. The van der Waals surface area contributed by atoms with Gasteiger partial charge in [-0.3, -0.25) is 13.8 Å². The molecule has 0 aliphatic heterocycles. The number of carbonyl (C=O) groups excluding carboxylic acids is 1. The Labute approximate surface area is 404 Å². The van der Waals surface area contributed by atoms with Gasteiger partial charge in [-0.05, 0) is 44.9 Å². The smallest absolute Gasteiger partial charge is 0.387 e. The maximum atomic E-state index is 13.0. The molecule has 3 N–H and O–H groups in total. The van der Waals surface area contributed by atoms with Crippen LogP contribution in [0.3, 0.4) is 0 Å². The molecule has 0 bridgehead atoms. The molecule has 0 rings (SSSR count). The molecule has 0 fully saturated rings. The van der Waals surface area contributed by atoms with Crippen molar-refractivity contribution in [2.75, 3.05) is 40.9 Å². The van der Waals surface area contributed by atoms with Crippen molar-refractivity contribution in [3.05, 3.63) is 36.5 Å². The number of carbonyl (C=O) groups is 1. The lowest BCUT2D eigenvalue weighted by Gasteiger charge is -2.25. The number of aliphatic hydroxyl groups excluding tert-OH is 1. The van der Waals surface area contributed by atoms with E-state index >= 15 is 0 Å². The number of nitrogens with one attached hydrogen (secondary N) is 1. The number of amides is 1. The molecule has 3 unspecified atom stereocenters. The summed E-state index contributed by atoms with van der Waals surface area (Å²) in [6, 6.07) is -0.867. The molecule has 384 valence electrons. The first kappa shape index (κ1) is 63.7. The van der Waals surface area contributed by atoms with E-state index in [2.05, 4.69) is 43.5 Å². The van der Waals surface area contributed by atoms with Crippen molar-refractivity contribution in [2.45, 2.75) is 276 Å². The molecule has 3 atom stereocenters. The fourth-order valence-electron chi connectivity index (χ4n) is 8.19. The van der Waals surface area contributed by atoms with Crippen molar-refractivity contribution in [2.24, 2.45) is 0 Å². The highest BCUT2D eigenvalue weighted by Gasteiger charge is 2.27. The second-order valence-corrected chi connectivity index (χ2v) is 21.8. The van der Waals surface area contributed by atoms with Crippen LogP contribution in [-0.2, 0) is 18.4 Å². The van der Waals surface area contributed by atoms with Crippen LogP contribution >= 0.6 is 7.82 Å². The quantitative estimate of drug-likeness (QED) is 0.0243. The molecule has 0 aromatic carbocycles. The van der Waals surface area contributed by atoms with Gasteiger partial charge in [0.15, 0.2) is 0 Å². The van der Waals surface area contributed by atoms with Crippen molar-refractivity contribution >= 4 is 13.7 Å². The van der Waals surface area contributed by atoms with Crippen LogP contribution in [-0.4, -0.2) is 73.4 Å². The molecule has 0 aromatic heterocycles. The molecular weight excluding hydrogens is 828 g/mol. The lowest BCUT2D eigenvalue weighted by atomic mass is 10.0. The van der Waals surface area contributed by atoms with Gasteiger partial charge in [-0.15, -0.1) is 0 Å². The highest BCUT2D eigenvalue weighted by Crippen LogP contribution is 2.43. The van der Waals surface area contributed by atoms with E-state index in [0.717, 1.165) is 44.9 Å². The van der Waals surface area contributed by atoms with Gasteiger partial charge in [-0.2, -0.15) is 0 Å². The first-order valence-corrected chi connectivity index (χ1v) is 29.4. The Balaban J connectivity index is 4.30. The van der Waals surface area contributed by atoms with Gasteiger partial charge in [-0.25, -0.2) is 4.57 Å². The van der Waals surface area contributed by atoms with Gasteiger partial charge in [0.05, 0.1) is 39.9 Å². The Morgan fingerprint density at radius 2 is 0.846 bits per heavy atom. The van der Waals surface area contributed by atoms with Gasteiger partial charge in [-0.1, -0.05) is 249 Å². The van der Waals surface area contributed by atoms with E-state index in [-0.39, 0.29) is 19.1 Å². The number of likely N-dealkylation sites (N-methyl/N-ethyl adjacent to an activating group) is 1. The van der Waals surface area contributed by atoms with Crippen molar-refractivity contribution < 1.29 is 32.9 Å². The summed E-state index contributed by atoms with van der Waals surface area (Å²) in [5.41, 5.74) is 0. The number of phosphoric ester groups is 1. The van der Waals surface area contributed by atoms with Crippen molar-refractivity contribution in [3.63, 3.8) is 0 Å². The number of rotatable bonds is 51. The molecule has 0 aliphatic rings. The van der Waals surface area contributed by atoms with Gasteiger partial charge in [0.2, 0.25) is 5.91 Å². The van der Waals surface area contributed by atoms with E-state index in [1.165, 1.54) is 199 Å². The van der Waals surface area contributed by atoms with Gasteiger partial charge in [0.25, 0.3) is 0 Å². The summed E-state index contributed by atoms with van der Waals surface area (Å²) in [6.07, 6.45) is 61.0. The Bertz CT molecular complexity index is 1150. The lowest BCUT2D eigenvalue weighted by molar-refractivity contribution is -0.870. The van der Waals surface area contributed by atoms with E-state index in [4.69, 9.17) is 9.05 Å². The summed E-state index contributed by atoms with van der Waals surface area (Å²) in [5.74, 6) is -0.186. The largest absolute Gasteiger partial charge is 0.472 e. The van der Waals surface area contributed by atoms with Gasteiger partial charge in [0, 0.05) is 6.42 Å². The van der Waals surface area contributed by atoms with E-state index in [9.17, 15) is 19.4 Å². The Kier molecular flexibility index (Phi) is 46.8. The minimum absolute atomic E-state index is 0.0551. The zero-order valence-electron chi connectivity index (χ0n) is 43.7. The van der Waals surface area contributed by atoms with Gasteiger partial charge >= 0.3 is 7.82 Å². The molecule has 0 aromatic rings. The van der Waals surface area contributed by atoms with E-state index in [1.807, 2.05) is 27.2 Å². The first-order chi connectivity index (χ1) is 31.5. The Hall–Kier alpha value is -1.28. The first-order valence-electron chi connectivity index (χ1n) is 27.9. The number of phosphoric acid groups is 1. The summed E-state index contributed by atoms with van der Waals surface area (Å²) in [7, 11) is 1.56. The zero-order chi connectivity index (χ0) is 47.8. The third-order valence-electron chi connectivity index (χ3n) is 12.6. The van der Waals surface area contributed by atoms with E-state index < -0.39 is 20.0 Å². The molecule has 0 saturated heterocycles. The predicted octanol–water partition coefficient (Wildman–Crippen LogP) is 16.6. The molecule has 0 heterocycles. The van der Waals surface area contributed by atoms with Crippen molar-refractivity contribution in [1.82, 2.24) is 5.32 Å². The van der Waals surface area contributed by atoms with Crippen LogP contribution in [0.25, 0.3) is 0 Å². The maximum absolute atomic E-state index is 13.0. The topological polar surface area (TPSA) is 105 Å². The molecule has 8 nitrogen and oxygen atoms in total. The van der Waals surface area contributed by atoms with Crippen LogP contribution < -0.4 is 5.32 Å². The van der Waals surface area contributed by atoms with Crippen LogP contribution in [0.2, 0.25) is 0 Å². The number of quaternary nitrogens is 1. The van der Waals surface area contributed by atoms with E-state index in [1.54, 1.807) is 6.08 Å². The third-order valence-corrected chi connectivity index (χ3v) is 13.6. The summed E-state index contributed by atoms with van der Waals surface area (Å²) < 4.78 is 23.7. The highest BCUT2D eigenvalue weighted by atomic mass is 31.2. The van der Waals surface area contributed by atoms with Gasteiger partial charge in [0.1, 0.15) is 13.2 Å². The second kappa shape index (κ2) is 47.8. The van der Waals surface area contributed by atoms with Crippen LogP contribution in [0.15, 0.2) is 36.5 Å². The molecule has 1 amide bonds. The van der Waals surface area contributed by atoms with Crippen LogP contribution in [0.1, 0.15) is 264 Å². The normalized spacial score (nSPS) is 14.3. The summed E-state index contributed by atoms with van der Waals surface area (Å²) in [6.45, 7) is 4.82. The molecule has 0 saturated carbocycles. The second-order valence-electron chi connectivity index (χ2n) is 20.3. The summed E-state index contributed by atoms with van der Waals surface area (Å²) in [5, 5.41) is 13.9. The number of unbranched alkanes of at least 4 members (excludes halogenated alkanes) is 34. The SMILES string of the molecule is CCCCCCCCCCCCCC/C=C/CC/C=C/CC/C=C/C(O)C(COP(=O)(O)OCC[N+](C)(C)C)NC(=O)CCCCCCCCCCCCCCCCCCCCCCC. The van der Waals surface area contributed by atoms with Crippen LogP contribution in [0.5, 0.6) is 0 Å². The van der Waals surface area contributed by atoms with Crippen LogP contribution in [0, 0.1) is 0 Å². The average molecular weight is 938 g/mol. The van der Waals surface area contributed by atoms with E-state index in [0.29, 0.717) is 17.4 Å². The summed E-state index contributed by atoms with van der Waals surface area (Å²) in [4.78, 5) is 23.3. The number of nitrogens with zero attached hydrogens (tertiary/aromatic N) is 1. The maximum Gasteiger partial charge on any atom is 0.472 e. The molecule has 65 heavy (non-hydrogen) atoms.